The Kier molecular flexibility index (Phi) is 5.46. The summed E-state index contributed by atoms with van der Waals surface area (Å²) in [6, 6.07) is 7.55. The van der Waals surface area contributed by atoms with Gasteiger partial charge in [0.1, 0.15) is 11.9 Å². The van der Waals surface area contributed by atoms with E-state index >= 15 is 0 Å². The van der Waals surface area contributed by atoms with Crippen LogP contribution in [0.5, 0.6) is 0 Å². The molecule has 136 valence electrons. The van der Waals surface area contributed by atoms with E-state index < -0.39 is 0 Å². The monoisotopic (exact) mass is 353 g/mol. The van der Waals surface area contributed by atoms with Gasteiger partial charge in [-0.05, 0) is 13.8 Å². The van der Waals surface area contributed by atoms with Crippen LogP contribution in [0.4, 0.5) is 0 Å². The predicted molar refractivity (Wildman–Crippen MR) is 97.3 cm³/mol. The van der Waals surface area contributed by atoms with Crippen molar-refractivity contribution in [2.75, 3.05) is 0 Å². The minimum Gasteiger partial charge on any atom is -0.345 e. The van der Waals surface area contributed by atoms with Crippen LogP contribution >= 0.6 is 0 Å². The lowest BCUT2D eigenvalue weighted by Crippen LogP contribution is -2.27. The molecule has 2 aromatic heterocycles. The van der Waals surface area contributed by atoms with Crippen molar-refractivity contribution >= 4 is 5.91 Å². The molecule has 1 aromatic carbocycles. The number of benzene rings is 1. The minimum atomic E-state index is -0.345. The summed E-state index contributed by atoms with van der Waals surface area (Å²) in [5.74, 6) is 1.83. The number of nitrogens with one attached hydrogen (secondary N) is 1. The molecule has 0 radical (unpaired) electrons. The number of carbonyl (C=O) groups excluding carboxylic acids is 1. The highest BCUT2D eigenvalue weighted by Crippen LogP contribution is 2.19. The average Bonchev–Trinajstić information content (AvgIpc) is 3.29. The maximum absolute atomic E-state index is 12.2. The standard InChI is InChI=1S/C19H23N5O2/c1-4-16-20-10-12-24(16)11-9-17(25)21-14(3)19-22-18(23-26-19)15-7-5-13(2)6-8-15/h5-8,10,12,14H,4,9,11H2,1-3H3,(H,21,25)/t14-/m0/s1. The topological polar surface area (TPSA) is 85.8 Å². The van der Waals surface area contributed by atoms with Gasteiger partial charge in [0, 0.05) is 37.3 Å². The van der Waals surface area contributed by atoms with Gasteiger partial charge in [0.2, 0.25) is 17.6 Å². The lowest BCUT2D eigenvalue weighted by Gasteiger charge is -2.10. The fraction of sp³-hybridized carbons (Fsp3) is 0.368. The van der Waals surface area contributed by atoms with E-state index in [2.05, 4.69) is 20.4 Å². The minimum absolute atomic E-state index is 0.0664. The predicted octanol–water partition coefficient (Wildman–Crippen LogP) is 3.07. The van der Waals surface area contributed by atoms with Gasteiger partial charge >= 0.3 is 0 Å². The first kappa shape index (κ1) is 17.8. The number of aryl methyl sites for hydroxylation is 3. The van der Waals surface area contributed by atoms with Crippen molar-refractivity contribution in [3.63, 3.8) is 0 Å². The number of nitrogens with zero attached hydrogens (tertiary/aromatic N) is 4. The first-order chi connectivity index (χ1) is 12.6. The molecule has 7 nitrogen and oxygen atoms in total. The van der Waals surface area contributed by atoms with Gasteiger partial charge in [-0.2, -0.15) is 4.98 Å². The van der Waals surface area contributed by atoms with Crippen molar-refractivity contribution in [1.82, 2.24) is 25.0 Å². The molecule has 7 heteroatoms. The summed E-state index contributed by atoms with van der Waals surface area (Å²) in [7, 11) is 0. The zero-order chi connectivity index (χ0) is 18.5. The fourth-order valence-corrected chi connectivity index (χ4v) is 2.69. The van der Waals surface area contributed by atoms with Crippen LogP contribution in [0.15, 0.2) is 41.2 Å². The largest absolute Gasteiger partial charge is 0.345 e. The molecule has 3 rings (SSSR count). The average molecular weight is 353 g/mol. The number of carbonyl (C=O) groups is 1. The van der Waals surface area contributed by atoms with E-state index in [9.17, 15) is 4.79 Å². The third kappa shape index (κ3) is 4.17. The fourth-order valence-electron chi connectivity index (χ4n) is 2.69. The van der Waals surface area contributed by atoms with Crippen LogP contribution in [0.25, 0.3) is 11.4 Å². The van der Waals surface area contributed by atoms with Crippen LogP contribution in [0, 0.1) is 6.92 Å². The number of imidazole rings is 1. The van der Waals surface area contributed by atoms with E-state index in [-0.39, 0.29) is 11.9 Å². The van der Waals surface area contributed by atoms with Crippen LogP contribution in [0.1, 0.15) is 43.6 Å². The molecule has 1 atom stereocenters. The summed E-state index contributed by atoms with van der Waals surface area (Å²) in [6.45, 7) is 6.50. The maximum atomic E-state index is 12.2. The van der Waals surface area contributed by atoms with Crippen molar-refractivity contribution < 1.29 is 9.32 Å². The molecule has 0 aliphatic rings. The Morgan fingerprint density at radius 2 is 2.08 bits per heavy atom. The lowest BCUT2D eigenvalue weighted by atomic mass is 10.1. The first-order valence-corrected chi connectivity index (χ1v) is 8.77. The molecule has 0 unspecified atom stereocenters. The van der Waals surface area contributed by atoms with Gasteiger partial charge in [-0.25, -0.2) is 4.98 Å². The first-order valence-electron chi connectivity index (χ1n) is 8.77. The molecule has 3 aromatic rings. The second kappa shape index (κ2) is 7.95. The van der Waals surface area contributed by atoms with E-state index in [1.54, 1.807) is 6.20 Å². The molecule has 0 spiro atoms. The van der Waals surface area contributed by atoms with E-state index in [1.807, 2.05) is 55.8 Å². The number of aromatic nitrogens is 4. The molecule has 0 bridgehead atoms. The SMILES string of the molecule is CCc1nccn1CCC(=O)N[C@@H](C)c1nc(-c2ccc(C)cc2)no1. The summed E-state index contributed by atoms with van der Waals surface area (Å²) in [5, 5.41) is 6.91. The molecular weight excluding hydrogens is 330 g/mol. The van der Waals surface area contributed by atoms with Crippen LogP contribution in [-0.4, -0.2) is 25.6 Å². The molecule has 0 saturated carbocycles. The summed E-state index contributed by atoms with van der Waals surface area (Å²) >= 11 is 0. The lowest BCUT2D eigenvalue weighted by molar-refractivity contribution is -0.122. The van der Waals surface area contributed by atoms with Crippen molar-refractivity contribution in [3.05, 3.63) is 53.9 Å². The van der Waals surface area contributed by atoms with Gasteiger partial charge in [-0.3, -0.25) is 4.79 Å². The van der Waals surface area contributed by atoms with Crippen LogP contribution < -0.4 is 5.32 Å². The number of rotatable bonds is 7. The summed E-state index contributed by atoms with van der Waals surface area (Å²) in [4.78, 5) is 20.9. The second-order valence-corrected chi connectivity index (χ2v) is 6.25. The maximum Gasteiger partial charge on any atom is 0.249 e. The van der Waals surface area contributed by atoms with Crippen molar-refractivity contribution in [2.24, 2.45) is 0 Å². The molecule has 1 N–H and O–H groups in total. The zero-order valence-electron chi connectivity index (χ0n) is 15.3. The highest BCUT2D eigenvalue weighted by Gasteiger charge is 2.17. The Bertz CT molecular complexity index is 866. The van der Waals surface area contributed by atoms with Gasteiger partial charge in [0.05, 0.1) is 0 Å². The highest BCUT2D eigenvalue weighted by molar-refractivity contribution is 5.76. The molecular formula is C19H23N5O2. The third-order valence-corrected chi connectivity index (χ3v) is 4.20. The highest BCUT2D eigenvalue weighted by atomic mass is 16.5. The summed E-state index contributed by atoms with van der Waals surface area (Å²) < 4.78 is 7.30. The quantitative estimate of drug-likeness (QED) is 0.705. The van der Waals surface area contributed by atoms with Crippen LogP contribution in [-0.2, 0) is 17.8 Å². The Labute approximate surface area is 152 Å². The van der Waals surface area contributed by atoms with Gasteiger partial charge in [0.15, 0.2) is 0 Å². The Hall–Kier alpha value is -2.96. The number of amides is 1. The van der Waals surface area contributed by atoms with Crippen LogP contribution in [0.2, 0.25) is 0 Å². The Morgan fingerprint density at radius 1 is 1.31 bits per heavy atom. The number of hydrogen-bond acceptors (Lipinski definition) is 5. The smallest absolute Gasteiger partial charge is 0.249 e. The third-order valence-electron chi connectivity index (χ3n) is 4.20. The molecule has 0 saturated heterocycles. The molecule has 1 amide bonds. The molecule has 0 aliphatic heterocycles. The van der Waals surface area contributed by atoms with Crippen molar-refractivity contribution in [1.29, 1.82) is 0 Å². The van der Waals surface area contributed by atoms with Crippen LogP contribution in [0.3, 0.4) is 0 Å². The summed E-state index contributed by atoms with van der Waals surface area (Å²) in [6.07, 6.45) is 4.85. The van der Waals surface area contributed by atoms with E-state index in [0.717, 1.165) is 17.8 Å². The van der Waals surface area contributed by atoms with Gasteiger partial charge in [0.25, 0.3) is 0 Å². The Balaban J connectivity index is 1.57. The molecule has 0 aliphatic carbocycles. The molecule has 2 heterocycles. The summed E-state index contributed by atoms with van der Waals surface area (Å²) in [5.41, 5.74) is 2.05. The van der Waals surface area contributed by atoms with E-state index in [4.69, 9.17) is 4.52 Å². The van der Waals surface area contributed by atoms with Gasteiger partial charge < -0.3 is 14.4 Å². The number of hydrogen-bond donors (Lipinski definition) is 1. The molecule has 0 fully saturated rings. The second-order valence-electron chi connectivity index (χ2n) is 6.25. The normalized spacial score (nSPS) is 12.1. The van der Waals surface area contributed by atoms with Gasteiger partial charge in [-0.15, -0.1) is 0 Å². The van der Waals surface area contributed by atoms with Crippen molar-refractivity contribution in [2.45, 2.75) is 46.2 Å². The van der Waals surface area contributed by atoms with Crippen molar-refractivity contribution in [3.8, 4) is 11.4 Å². The van der Waals surface area contributed by atoms with Gasteiger partial charge in [-0.1, -0.05) is 41.9 Å². The molecule has 26 heavy (non-hydrogen) atoms. The Morgan fingerprint density at radius 3 is 2.81 bits per heavy atom. The van der Waals surface area contributed by atoms with E-state index in [1.165, 1.54) is 5.56 Å². The van der Waals surface area contributed by atoms with E-state index in [0.29, 0.717) is 24.7 Å². The zero-order valence-corrected chi connectivity index (χ0v) is 15.3.